The van der Waals surface area contributed by atoms with Gasteiger partial charge in [-0.15, -0.1) is 12.4 Å². The number of aromatic nitrogens is 2. The summed E-state index contributed by atoms with van der Waals surface area (Å²) < 4.78 is 7.13. The Hall–Kier alpha value is -1.79. The third-order valence-corrected chi connectivity index (χ3v) is 4.27. The van der Waals surface area contributed by atoms with Crippen molar-refractivity contribution in [1.82, 2.24) is 19.9 Å². The molecule has 0 spiro atoms. The van der Waals surface area contributed by atoms with Gasteiger partial charge in [0.15, 0.2) is 5.82 Å². The van der Waals surface area contributed by atoms with E-state index < -0.39 is 0 Å². The van der Waals surface area contributed by atoms with Crippen molar-refractivity contribution < 1.29 is 9.32 Å². The number of carbonyl (C=O) groups excluding carboxylic acids is 1. The number of aryl methyl sites for hydroxylation is 2. The van der Waals surface area contributed by atoms with Crippen LogP contribution in [-0.4, -0.2) is 46.2 Å². The molecule has 1 N–H and O–H groups in total. The van der Waals surface area contributed by atoms with Gasteiger partial charge in [0.2, 0.25) is 0 Å². The van der Waals surface area contributed by atoms with Crippen LogP contribution < -0.4 is 5.32 Å². The van der Waals surface area contributed by atoms with E-state index in [1.165, 1.54) is 0 Å². The first-order valence-corrected chi connectivity index (χ1v) is 7.63. The highest BCUT2D eigenvalue weighted by Crippen LogP contribution is 2.22. The van der Waals surface area contributed by atoms with Crippen LogP contribution in [0.5, 0.6) is 0 Å². The van der Waals surface area contributed by atoms with E-state index in [1.54, 1.807) is 0 Å². The van der Waals surface area contributed by atoms with Crippen molar-refractivity contribution in [2.24, 2.45) is 0 Å². The van der Waals surface area contributed by atoms with E-state index in [2.05, 4.69) is 17.4 Å². The molecule has 0 radical (unpaired) electrons. The molecule has 7 heteroatoms. The van der Waals surface area contributed by atoms with Crippen LogP contribution in [0, 0.1) is 20.8 Å². The number of amides is 1. The zero-order valence-corrected chi connectivity index (χ0v) is 14.7. The van der Waals surface area contributed by atoms with E-state index in [9.17, 15) is 4.79 Å². The lowest BCUT2D eigenvalue weighted by atomic mass is 10.1. The van der Waals surface area contributed by atoms with Gasteiger partial charge in [0, 0.05) is 43.1 Å². The molecular formula is C16H23ClN4O2. The average molecular weight is 339 g/mol. The minimum Gasteiger partial charge on any atom is -0.360 e. The third-order valence-electron chi connectivity index (χ3n) is 4.27. The molecule has 3 heterocycles. The van der Waals surface area contributed by atoms with Crippen LogP contribution in [0.3, 0.4) is 0 Å². The van der Waals surface area contributed by atoms with Gasteiger partial charge in [-0.1, -0.05) is 5.16 Å². The molecule has 1 aliphatic rings. The summed E-state index contributed by atoms with van der Waals surface area (Å²) in [6.07, 6.45) is 0. The minimum absolute atomic E-state index is 0. The van der Waals surface area contributed by atoms with Gasteiger partial charge in [-0.3, -0.25) is 9.36 Å². The van der Waals surface area contributed by atoms with Gasteiger partial charge < -0.3 is 14.7 Å². The number of nitrogens with one attached hydrogen (secondary N) is 1. The second-order valence-electron chi connectivity index (χ2n) is 5.97. The molecule has 0 unspecified atom stereocenters. The minimum atomic E-state index is 0. The third kappa shape index (κ3) is 3.14. The maximum atomic E-state index is 12.9. The molecule has 1 atom stereocenters. The van der Waals surface area contributed by atoms with E-state index in [1.807, 2.05) is 42.4 Å². The predicted octanol–water partition coefficient (Wildman–Crippen LogP) is 2.25. The molecule has 0 saturated carbocycles. The quantitative estimate of drug-likeness (QED) is 0.912. The highest BCUT2D eigenvalue weighted by Gasteiger charge is 2.27. The van der Waals surface area contributed by atoms with Crippen molar-refractivity contribution in [2.75, 3.05) is 19.6 Å². The molecule has 6 nitrogen and oxygen atoms in total. The Morgan fingerprint density at radius 1 is 1.35 bits per heavy atom. The van der Waals surface area contributed by atoms with Crippen LogP contribution in [0.4, 0.5) is 0 Å². The molecule has 1 aliphatic heterocycles. The summed E-state index contributed by atoms with van der Waals surface area (Å²) >= 11 is 0. The molecule has 0 aromatic carbocycles. The monoisotopic (exact) mass is 338 g/mol. The number of halogens is 1. The lowest BCUT2D eigenvalue weighted by Crippen LogP contribution is -2.52. The van der Waals surface area contributed by atoms with Crippen molar-refractivity contribution in [3.8, 4) is 5.82 Å². The van der Waals surface area contributed by atoms with Crippen LogP contribution in [0.25, 0.3) is 5.82 Å². The average Bonchev–Trinajstić information content (AvgIpc) is 3.02. The molecule has 0 aliphatic carbocycles. The lowest BCUT2D eigenvalue weighted by Gasteiger charge is -2.34. The van der Waals surface area contributed by atoms with E-state index in [4.69, 9.17) is 4.52 Å². The van der Waals surface area contributed by atoms with Crippen LogP contribution in [0.1, 0.15) is 34.4 Å². The SMILES string of the molecule is Cc1cc(-n2c(C)cc(C(=O)N3CCNC[C@@H]3C)c2C)no1.Cl. The van der Waals surface area contributed by atoms with Gasteiger partial charge in [-0.05, 0) is 33.8 Å². The predicted molar refractivity (Wildman–Crippen MR) is 90.7 cm³/mol. The maximum absolute atomic E-state index is 12.9. The second kappa shape index (κ2) is 6.76. The van der Waals surface area contributed by atoms with Gasteiger partial charge in [0.25, 0.3) is 5.91 Å². The highest BCUT2D eigenvalue weighted by molar-refractivity contribution is 5.96. The Morgan fingerprint density at radius 3 is 2.70 bits per heavy atom. The van der Waals surface area contributed by atoms with Gasteiger partial charge >= 0.3 is 0 Å². The second-order valence-corrected chi connectivity index (χ2v) is 5.97. The summed E-state index contributed by atoms with van der Waals surface area (Å²) in [5.41, 5.74) is 2.63. The van der Waals surface area contributed by atoms with Crippen molar-refractivity contribution in [3.05, 3.63) is 34.8 Å². The largest absolute Gasteiger partial charge is 0.360 e. The summed E-state index contributed by atoms with van der Waals surface area (Å²) in [4.78, 5) is 14.8. The Balaban J connectivity index is 0.00000192. The van der Waals surface area contributed by atoms with Gasteiger partial charge in [-0.25, -0.2) is 0 Å². The Kier molecular flexibility index (Phi) is 5.16. The molecule has 23 heavy (non-hydrogen) atoms. The summed E-state index contributed by atoms with van der Waals surface area (Å²) in [7, 11) is 0. The molecular weight excluding hydrogens is 316 g/mol. The first-order chi connectivity index (χ1) is 10.5. The van der Waals surface area contributed by atoms with E-state index in [-0.39, 0.29) is 24.4 Å². The van der Waals surface area contributed by atoms with Gasteiger partial charge in [0.05, 0.1) is 5.56 Å². The Labute approximate surface area is 142 Å². The number of nitrogens with zero attached hydrogens (tertiary/aromatic N) is 3. The van der Waals surface area contributed by atoms with Gasteiger partial charge in [0.1, 0.15) is 5.76 Å². The van der Waals surface area contributed by atoms with Crippen LogP contribution >= 0.6 is 12.4 Å². The summed E-state index contributed by atoms with van der Waals surface area (Å²) in [6, 6.07) is 4.02. The fraction of sp³-hybridized carbons (Fsp3) is 0.500. The normalized spacial score (nSPS) is 17.9. The van der Waals surface area contributed by atoms with E-state index >= 15 is 0 Å². The lowest BCUT2D eigenvalue weighted by molar-refractivity contribution is 0.0655. The molecule has 1 saturated heterocycles. The van der Waals surface area contributed by atoms with Crippen LogP contribution in [0.15, 0.2) is 16.7 Å². The number of rotatable bonds is 2. The number of carbonyl (C=O) groups is 1. The van der Waals surface area contributed by atoms with Crippen molar-refractivity contribution in [2.45, 2.75) is 33.7 Å². The van der Waals surface area contributed by atoms with Crippen LogP contribution in [-0.2, 0) is 0 Å². The fourth-order valence-electron chi connectivity index (χ4n) is 3.09. The zero-order valence-electron chi connectivity index (χ0n) is 13.9. The molecule has 1 fully saturated rings. The molecule has 1 amide bonds. The molecule has 0 bridgehead atoms. The highest BCUT2D eigenvalue weighted by atomic mass is 35.5. The Bertz CT molecular complexity index is 707. The molecule has 2 aromatic rings. The summed E-state index contributed by atoms with van der Waals surface area (Å²) in [6.45, 7) is 10.3. The van der Waals surface area contributed by atoms with Crippen molar-refractivity contribution in [3.63, 3.8) is 0 Å². The van der Waals surface area contributed by atoms with E-state index in [0.717, 1.165) is 48.2 Å². The molecule has 2 aromatic heterocycles. The number of hydrogen-bond donors (Lipinski definition) is 1. The van der Waals surface area contributed by atoms with Crippen molar-refractivity contribution >= 4 is 18.3 Å². The molecule has 126 valence electrons. The van der Waals surface area contributed by atoms with Crippen LogP contribution in [0.2, 0.25) is 0 Å². The van der Waals surface area contributed by atoms with E-state index in [0.29, 0.717) is 0 Å². The topological polar surface area (TPSA) is 63.3 Å². The maximum Gasteiger partial charge on any atom is 0.256 e. The summed E-state index contributed by atoms with van der Waals surface area (Å²) in [5, 5.41) is 7.37. The van der Waals surface area contributed by atoms with Gasteiger partial charge in [-0.2, -0.15) is 0 Å². The first-order valence-electron chi connectivity index (χ1n) is 7.63. The smallest absolute Gasteiger partial charge is 0.256 e. The standard InChI is InChI=1S/C16H22N4O2.ClH/c1-10-7-14(16(21)19-6-5-17-9-11(19)2)13(4)20(10)15-8-12(3)22-18-15;/h7-8,11,17H,5-6,9H2,1-4H3;1H/t11-;/m0./s1. The van der Waals surface area contributed by atoms with Crippen molar-refractivity contribution in [1.29, 1.82) is 0 Å². The fourth-order valence-corrected chi connectivity index (χ4v) is 3.09. The first kappa shape index (κ1) is 17.6. The number of hydrogen-bond acceptors (Lipinski definition) is 4. The number of piperazine rings is 1. The Morgan fingerprint density at radius 2 is 2.09 bits per heavy atom. The zero-order chi connectivity index (χ0) is 15.9. The molecule has 3 rings (SSSR count). The summed E-state index contributed by atoms with van der Waals surface area (Å²) in [5.74, 6) is 1.57.